The Labute approximate surface area is 255 Å². The summed E-state index contributed by atoms with van der Waals surface area (Å²) in [5, 5.41) is 17.8. The van der Waals surface area contributed by atoms with E-state index in [9.17, 15) is 19.5 Å². The van der Waals surface area contributed by atoms with Gasteiger partial charge in [0.1, 0.15) is 0 Å². The number of nitrogens with one attached hydrogen (secondary N) is 2. The van der Waals surface area contributed by atoms with Crippen molar-refractivity contribution in [1.82, 2.24) is 15.5 Å². The van der Waals surface area contributed by atoms with Gasteiger partial charge < -0.3 is 30.4 Å². The second-order valence-corrected chi connectivity index (χ2v) is 12.2. The summed E-state index contributed by atoms with van der Waals surface area (Å²) in [7, 11) is 0. The molecule has 2 atom stereocenters. The number of aliphatic hydroxyl groups is 1. The van der Waals surface area contributed by atoms with E-state index in [2.05, 4.69) is 15.5 Å². The number of aliphatic hydroxyl groups excluding tert-OH is 1. The van der Waals surface area contributed by atoms with Crippen LogP contribution in [-0.2, 0) is 11.2 Å². The first-order valence-electron chi connectivity index (χ1n) is 16.2. The minimum atomic E-state index is -0.984. The summed E-state index contributed by atoms with van der Waals surface area (Å²) in [5.74, 6) is -0.225. The van der Waals surface area contributed by atoms with Crippen LogP contribution in [-0.4, -0.2) is 78.8 Å². The summed E-state index contributed by atoms with van der Waals surface area (Å²) in [4.78, 5) is 45.3. The van der Waals surface area contributed by atoms with E-state index in [1.807, 2.05) is 49.4 Å². The molecule has 1 saturated carbocycles. The Morgan fingerprint density at radius 2 is 1.67 bits per heavy atom. The lowest BCUT2D eigenvalue weighted by atomic mass is 9.96. The van der Waals surface area contributed by atoms with Crippen LogP contribution in [0.25, 0.3) is 0 Å². The third kappa shape index (κ3) is 8.07. The average molecular weight is 590 g/mol. The lowest BCUT2D eigenvalue weighted by molar-refractivity contribution is -0.117. The van der Waals surface area contributed by atoms with Crippen LogP contribution in [0.1, 0.15) is 80.6 Å². The van der Waals surface area contributed by atoms with Gasteiger partial charge in [-0.05, 0) is 69.2 Å². The fourth-order valence-electron chi connectivity index (χ4n) is 6.59. The molecule has 2 aliphatic heterocycles. The van der Waals surface area contributed by atoms with Crippen molar-refractivity contribution in [2.75, 3.05) is 42.5 Å². The molecule has 0 aromatic heterocycles. The number of hydrogen-bond donors (Lipinski definition) is 3. The van der Waals surface area contributed by atoms with Crippen LogP contribution >= 0.6 is 0 Å². The van der Waals surface area contributed by atoms with E-state index in [0.29, 0.717) is 31.5 Å². The lowest BCUT2D eigenvalue weighted by Crippen LogP contribution is -2.53. The van der Waals surface area contributed by atoms with Gasteiger partial charge in [-0.15, -0.1) is 0 Å². The molecule has 2 heterocycles. The molecule has 2 aromatic rings. The molecule has 232 valence electrons. The second-order valence-electron chi connectivity index (χ2n) is 12.2. The Morgan fingerprint density at radius 1 is 0.953 bits per heavy atom. The smallest absolute Gasteiger partial charge is 0.317 e. The average Bonchev–Trinajstić information content (AvgIpc) is 3.72. The number of amides is 4. The van der Waals surface area contributed by atoms with Crippen LogP contribution in [0.4, 0.5) is 16.2 Å². The molecular weight excluding hydrogens is 542 g/mol. The highest BCUT2D eigenvalue weighted by molar-refractivity contribution is 6.00. The van der Waals surface area contributed by atoms with Gasteiger partial charge in [-0.1, -0.05) is 49.6 Å². The van der Waals surface area contributed by atoms with Gasteiger partial charge in [-0.3, -0.25) is 9.59 Å². The van der Waals surface area contributed by atoms with Crippen LogP contribution in [0.3, 0.4) is 0 Å². The molecule has 4 amide bonds. The summed E-state index contributed by atoms with van der Waals surface area (Å²) in [6.07, 6.45) is 8.38. The highest BCUT2D eigenvalue weighted by Crippen LogP contribution is 2.30. The first kappa shape index (κ1) is 30.9. The van der Waals surface area contributed by atoms with Gasteiger partial charge >= 0.3 is 6.03 Å². The molecular formula is C34H47N5O4. The molecule has 2 saturated heterocycles. The summed E-state index contributed by atoms with van der Waals surface area (Å²) < 4.78 is 0. The van der Waals surface area contributed by atoms with Crippen molar-refractivity contribution >= 4 is 29.2 Å². The third-order valence-electron chi connectivity index (χ3n) is 9.11. The highest BCUT2D eigenvalue weighted by Gasteiger charge is 2.29. The van der Waals surface area contributed by atoms with Gasteiger partial charge in [0.15, 0.2) is 0 Å². The quantitative estimate of drug-likeness (QED) is 0.359. The molecule has 5 rings (SSSR count). The number of likely N-dealkylation sites (N-methyl/N-ethyl adjacent to an activating group) is 1. The van der Waals surface area contributed by atoms with Crippen molar-refractivity contribution < 1.29 is 19.5 Å². The zero-order valence-electron chi connectivity index (χ0n) is 25.5. The Balaban J connectivity index is 1.35. The molecule has 9 heteroatoms. The van der Waals surface area contributed by atoms with E-state index in [-0.39, 0.29) is 30.4 Å². The summed E-state index contributed by atoms with van der Waals surface area (Å²) in [5.41, 5.74) is 3.13. The van der Waals surface area contributed by atoms with Crippen molar-refractivity contribution in [3.05, 3.63) is 59.7 Å². The van der Waals surface area contributed by atoms with E-state index in [1.165, 1.54) is 6.42 Å². The Morgan fingerprint density at radius 3 is 2.35 bits per heavy atom. The molecule has 0 unspecified atom stereocenters. The maximum atomic E-state index is 13.9. The van der Waals surface area contributed by atoms with Crippen molar-refractivity contribution in [3.63, 3.8) is 0 Å². The predicted molar refractivity (Wildman–Crippen MR) is 170 cm³/mol. The van der Waals surface area contributed by atoms with Crippen molar-refractivity contribution in [1.29, 1.82) is 0 Å². The first-order chi connectivity index (χ1) is 20.9. The van der Waals surface area contributed by atoms with Crippen molar-refractivity contribution in [2.24, 2.45) is 0 Å². The minimum absolute atomic E-state index is 0.0773. The zero-order chi connectivity index (χ0) is 30.2. The third-order valence-corrected chi connectivity index (χ3v) is 9.11. The van der Waals surface area contributed by atoms with Gasteiger partial charge in [-0.2, -0.15) is 0 Å². The fraction of sp³-hybridized carbons (Fsp3) is 0.559. The van der Waals surface area contributed by atoms with Crippen molar-refractivity contribution in [3.8, 4) is 0 Å². The van der Waals surface area contributed by atoms with E-state index >= 15 is 0 Å². The van der Waals surface area contributed by atoms with Gasteiger partial charge in [0.05, 0.1) is 18.7 Å². The van der Waals surface area contributed by atoms with Gasteiger partial charge in [-0.25, -0.2) is 4.79 Å². The number of carbonyl (C=O) groups excluding carboxylic acids is 3. The Hall–Kier alpha value is -3.59. The summed E-state index contributed by atoms with van der Waals surface area (Å²) in [6, 6.07) is 14.9. The SMILES string of the molecule is CCN(C[C@H](O)[C@H](Cc1ccccc1)NC(=O)c1cc(N2CCCC2)cc(N2CCCC2=O)c1)C(=O)NC1CCCCC1. The molecule has 3 aliphatic rings. The molecule has 0 radical (unpaired) electrons. The Bertz CT molecular complexity index is 1240. The number of rotatable bonds is 11. The van der Waals surface area contributed by atoms with Gasteiger partial charge in [0.2, 0.25) is 5.91 Å². The van der Waals surface area contributed by atoms with Gasteiger partial charge in [0, 0.05) is 55.6 Å². The molecule has 3 fully saturated rings. The summed E-state index contributed by atoms with van der Waals surface area (Å²) >= 11 is 0. The number of benzene rings is 2. The highest BCUT2D eigenvalue weighted by atomic mass is 16.3. The van der Waals surface area contributed by atoms with Crippen molar-refractivity contribution in [2.45, 2.75) is 89.3 Å². The number of anilines is 2. The second kappa shape index (κ2) is 14.7. The van der Waals surface area contributed by atoms with Crippen LogP contribution < -0.4 is 20.4 Å². The molecule has 9 nitrogen and oxygen atoms in total. The zero-order valence-corrected chi connectivity index (χ0v) is 25.5. The van der Waals surface area contributed by atoms with E-state index < -0.39 is 12.1 Å². The molecule has 43 heavy (non-hydrogen) atoms. The predicted octanol–water partition coefficient (Wildman–Crippen LogP) is 4.48. The number of nitrogens with zero attached hydrogens (tertiary/aromatic N) is 3. The van der Waals surface area contributed by atoms with E-state index in [4.69, 9.17) is 0 Å². The van der Waals surface area contributed by atoms with Gasteiger partial charge in [0.25, 0.3) is 5.91 Å². The maximum Gasteiger partial charge on any atom is 0.317 e. The van der Waals surface area contributed by atoms with E-state index in [1.54, 1.807) is 15.9 Å². The standard InChI is InChI=1S/C34H47N5O4/c1-2-37(34(43)35-27-14-7-4-8-15-27)24-31(40)30(20-25-12-5-3-6-13-25)36-33(42)26-21-28(38-17-9-10-18-38)23-29(22-26)39-19-11-16-32(39)41/h3,5-6,12-13,21-23,27,30-31,40H,2,4,7-11,14-20,24H2,1H3,(H,35,43)(H,36,42)/t30-,31-/m0/s1. The van der Waals surface area contributed by atoms with Crippen LogP contribution in [0.15, 0.2) is 48.5 Å². The first-order valence-corrected chi connectivity index (χ1v) is 16.2. The maximum absolute atomic E-state index is 13.9. The van der Waals surface area contributed by atoms with E-state index in [0.717, 1.165) is 75.0 Å². The monoisotopic (exact) mass is 589 g/mol. The number of hydrogen-bond acceptors (Lipinski definition) is 5. The molecule has 0 bridgehead atoms. The Kier molecular flexibility index (Phi) is 10.6. The topological polar surface area (TPSA) is 105 Å². The summed E-state index contributed by atoms with van der Waals surface area (Å²) in [6.45, 7) is 4.95. The van der Waals surface area contributed by atoms with Crippen LogP contribution in [0.5, 0.6) is 0 Å². The van der Waals surface area contributed by atoms with Crippen LogP contribution in [0.2, 0.25) is 0 Å². The minimum Gasteiger partial charge on any atom is -0.389 e. The molecule has 0 spiro atoms. The number of carbonyl (C=O) groups is 3. The van der Waals surface area contributed by atoms with Crippen LogP contribution in [0, 0.1) is 0 Å². The lowest BCUT2D eigenvalue weighted by Gasteiger charge is -2.32. The fourth-order valence-corrected chi connectivity index (χ4v) is 6.59. The molecule has 2 aromatic carbocycles. The normalized spacial score (nSPS) is 18.9. The molecule has 3 N–H and O–H groups in total. The molecule has 1 aliphatic carbocycles. The number of urea groups is 1. The largest absolute Gasteiger partial charge is 0.389 e.